The number of benzene rings is 2. The molecule has 0 fully saturated rings. The molecule has 0 atom stereocenters. The van der Waals surface area contributed by atoms with E-state index in [2.05, 4.69) is 20.4 Å². The smallest absolute Gasteiger partial charge is 0.387 e. The molecule has 0 aliphatic carbocycles. The number of halogens is 3. The van der Waals surface area contributed by atoms with Gasteiger partial charge in [0.05, 0.1) is 0 Å². The van der Waals surface area contributed by atoms with Gasteiger partial charge >= 0.3 is 6.61 Å². The molecule has 0 spiro atoms. The van der Waals surface area contributed by atoms with E-state index in [4.69, 9.17) is 0 Å². The Balaban J connectivity index is 0.00000288. The normalized spacial score (nSPS) is 10.9. The molecular formula is C17H20F2IN3O. The Bertz CT molecular complexity index is 639. The maximum Gasteiger partial charge on any atom is 0.387 e. The molecule has 4 nitrogen and oxygen atoms in total. The molecule has 2 aromatic carbocycles. The Hall–Kier alpha value is -1.90. The molecule has 2 N–H and O–H groups in total. The minimum Gasteiger partial charge on any atom is -0.434 e. The van der Waals surface area contributed by atoms with Crippen LogP contribution in [0.2, 0.25) is 0 Å². The van der Waals surface area contributed by atoms with E-state index in [0.717, 1.165) is 5.56 Å². The lowest BCUT2D eigenvalue weighted by atomic mass is 10.2. The fourth-order valence-corrected chi connectivity index (χ4v) is 2.04. The van der Waals surface area contributed by atoms with Crippen molar-refractivity contribution in [2.24, 2.45) is 4.99 Å². The minimum absolute atomic E-state index is 0. The standard InChI is InChI=1S/C17H19F2N3O.HI/c1-20-17(21-11-13-7-3-2-4-8-13)22-12-14-9-5-6-10-15(14)23-16(18)19;/h2-10,16H,11-12H2,1H3,(H2,20,21,22);1H. The van der Waals surface area contributed by atoms with Gasteiger partial charge in [-0.3, -0.25) is 4.99 Å². The summed E-state index contributed by atoms with van der Waals surface area (Å²) in [6.45, 7) is -1.89. The van der Waals surface area contributed by atoms with E-state index in [9.17, 15) is 8.78 Å². The molecule has 0 bridgehead atoms. The van der Waals surface area contributed by atoms with Crippen molar-refractivity contribution < 1.29 is 13.5 Å². The van der Waals surface area contributed by atoms with Crippen LogP contribution in [-0.2, 0) is 13.1 Å². The third kappa shape index (κ3) is 6.69. The maximum atomic E-state index is 12.4. The fraction of sp³-hybridized carbons (Fsp3) is 0.235. The summed E-state index contributed by atoms with van der Waals surface area (Å²) in [6, 6.07) is 16.6. The van der Waals surface area contributed by atoms with Crippen molar-refractivity contribution in [1.29, 1.82) is 0 Å². The summed E-state index contributed by atoms with van der Waals surface area (Å²) in [6.07, 6.45) is 0. The topological polar surface area (TPSA) is 45.7 Å². The zero-order valence-corrected chi connectivity index (χ0v) is 15.5. The number of hydrogen-bond donors (Lipinski definition) is 2. The van der Waals surface area contributed by atoms with E-state index in [1.54, 1.807) is 25.2 Å². The molecule has 2 rings (SSSR count). The molecule has 0 saturated heterocycles. The van der Waals surface area contributed by atoms with Crippen LogP contribution in [0.1, 0.15) is 11.1 Å². The lowest BCUT2D eigenvalue weighted by molar-refractivity contribution is -0.0504. The SMILES string of the molecule is CN=C(NCc1ccccc1)NCc1ccccc1OC(F)F.I. The summed E-state index contributed by atoms with van der Waals surface area (Å²) in [5, 5.41) is 6.25. The first-order valence-electron chi connectivity index (χ1n) is 7.20. The first kappa shape index (κ1) is 20.1. The van der Waals surface area contributed by atoms with Crippen LogP contribution in [0, 0.1) is 0 Å². The van der Waals surface area contributed by atoms with Gasteiger partial charge in [0.15, 0.2) is 5.96 Å². The lowest BCUT2D eigenvalue weighted by Gasteiger charge is -2.14. The number of guanidine groups is 1. The van der Waals surface area contributed by atoms with Crippen LogP contribution in [0.25, 0.3) is 0 Å². The van der Waals surface area contributed by atoms with Crippen LogP contribution in [-0.4, -0.2) is 19.6 Å². The largest absolute Gasteiger partial charge is 0.434 e. The van der Waals surface area contributed by atoms with Crippen molar-refractivity contribution >= 4 is 29.9 Å². The number of hydrogen-bond acceptors (Lipinski definition) is 2. The van der Waals surface area contributed by atoms with Crippen LogP contribution in [0.3, 0.4) is 0 Å². The second-order valence-electron chi connectivity index (χ2n) is 4.75. The van der Waals surface area contributed by atoms with Gasteiger partial charge in [0.2, 0.25) is 0 Å². The average Bonchev–Trinajstić information content (AvgIpc) is 2.57. The van der Waals surface area contributed by atoms with Gasteiger partial charge in [-0.15, -0.1) is 24.0 Å². The first-order chi connectivity index (χ1) is 11.2. The average molecular weight is 447 g/mol. The Morgan fingerprint density at radius 1 is 1.00 bits per heavy atom. The maximum absolute atomic E-state index is 12.4. The van der Waals surface area contributed by atoms with Gasteiger partial charge in [-0.1, -0.05) is 48.5 Å². The van der Waals surface area contributed by atoms with Crippen LogP contribution in [0.4, 0.5) is 8.78 Å². The second-order valence-corrected chi connectivity index (χ2v) is 4.75. The Labute approximate surface area is 157 Å². The Kier molecular flexibility index (Phi) is 9.06. The Morgan fingerprint density at radius 2 is 1.62 bits per heavy atom. The molecule has 24 heavy (non-hydrogen) atoms. The van der Waals surface area contributed by atoms with Crippen molar-refractivity contribution in [3.63, 3.8) is 0 Å². The van der Waals surface area contributed by atoms with E-state index in [0.29, 0.717) is 24.6 Å². The first-order valence-corrected chi connectivity index (χ1v) is 7.20. The minimum atomic E-state index is -2.84. The fourth-order valence-electron chi connectivity index (χ4n) is 2.04. The molecule has 0 aliphatic heterocycles. The van der Waals surface area contributed by atoms with Gasteiger partial charge in [-0.2, -0.15) is 8.78 Å². The van der Waals surface area contributed by atoms with Crippen LogP contribution in [0.5, 0.6) is 5.75 Å². The van der Waals surface area contributed by atoms with Crippen LogP contribution in [0.15, 0.2) is 59.6 Å². The highest BCUT2D eigenvalue weighted by Gasteiger charge is 2.09. The summed E-state index contributed by atoms with van der Waals surface area (Å²) >= 11 is 0. The van der Waals surface area contributed by atoms with Gasteiger partial charge in [0.25, 0.3) is 0 Å². The van der Waals surface area contributed by atoms with Gasteiger partial charge in [-0.05, 0) is 11.6 Å². The van der Waals surface area contributed by atoms with Crippen molar-refractivity contribution in [2.45, 2.75) is 19.7 Å². The summed E-state index contributed by atoms with van der Waals surface area (Å²) in [4.78, 5) is 4.11. The molecule has 0 heterocycles. The van der Waals surface area contributed by atoms with Crippen LogP contribution >= 0.6 is 24.0 Å². The van der Waals surface area contributed by atoms with Gasteiger partial charge in [-0.25, -0.2) is 0 Å². The quantitative estimate of drug-likeness (QED) is 0.403. The molecule has 0 aliphatic rings. The molecule has 0 amide bonds. The van der Waals surface area contributed by atoms with E-state index in [1.807, 2.05) is 30.3 Å². The molecule has 0 aromatic heterocycles. The van der Waals surface area contributed by atoms with Gasteiger partial charge in [0, 0.05) is 25.7 Å². The molecule has 7 heteroatoms. The van der Waals surface area contributed by atoms with E-state index < -0.39 is 6.61 Å². The molecule has 0 unspecified atom stereocenters. The van der Waals surface area contributed by atoms with E-state index in [-0.39, 0.29) is 29.7 Å². The highest BCUT2D eigenvalue weighted by molar-refractivity contribution is 14.0. The summed E-state index contributed by atoms with van der Waals surface area (Å²) in [5.74, 6) is 0.745. The monoisotopic (exact) mass is 447 g/mol. The van der Waals surface area contributed by atoms with Crippen molar-refractivity contribution in [1.82, 2.24) is 10.6 Å². The number of nitrogens with zero attached hydrogens (tertiary/aromatic N) is 1. The summed E-state index contributed by atoms with van der Waals surface area (Å²) in [7, 11) is 1.65. The molecule has 130 valence electrons. The number of alkyl halides is 2. The molecule has 2 aromatic rings. The van der Waals surface area contributed by atoms with E-state index in [1.165, 1.54) is 6.07 Å². The van der Waals surface area contributed by atoms with Gasteiger partial charge in [0.1, 0.15) is 5.75 Å². The third-order valence-corrected chi connectivity index (χ3v) is 3.16. The summed E-state index contributed by atoms with van der Waals surface area (Å²) < 4.78 is 29.3. The van der Waals surface area contributed by atoms with Crippen molar-refractivity contribution in [2.75, 3.05) is 7.05 Å². The van der Waals surface area contributed by atoms with Crippen molar-refractivity contribution in [3.8, 4) is 5.75 Å². The highest BCUT2D eigenvalue weighted by atomic mass is 127. The number of para-hydroxylation sites is 1. The van der Waals surface area contributed by atoms with Gasteiger partial charge < -0.3 is 15.4 Å². The highest BCUT2D eigenvalue weighted by Crippen LogP contribution is 2.19. The number of aliphatic imine (C=N–C) groups is 1. The third-order valence-electron chi connectivity index (χ3n) is 3.16. The second kappa shape index (κ2) is 10.8. The predicted molar refractivity (Wildman–Crippen MR) is 102 cm³/mol. The molecule has 0 radical (unpaired) electrons. The van der Waals surface area contributed by atoms with Crippen LogP contribution < -0.4 is 15.4 Å². The predicted octanol–water partition coefficient (Wildman–Crippen LogP) is 3.77. The number of nitrogens with one attached hydrogen (secondary N) is 2. The zero-order chi connectivity index (χ0) is 16.5. The summed E-state index contributed by atoms with van der Waals surface area (Å²) in [5.41, 5.74) is 1.76. The number of ether oxygens (including phenoxy) is 1. The Morgan fingerprint density at radius 3 is 2.29 bits per heavy atom. The lowest BCUT2D eigenvalue weighted by Crippen LogP contribution is -2.36. The van der Waals surface area contributed by atoms with E-state index >= 15 is 0 Å². The van der Waals surface area contributed by atoms with Crippen molar-refractivity contribution in [3.05, 3.63) is 65.7 Å². The zero-order valence-electron chi connectivity index (χ0n) is 13.2. The number of rotatable bonds is 6. The molecular weight excluding hydrogens is 427 g/mol. The molecule has 0 saturated carbocycles.